The van der Waals surface area contributed by atoms with Crippen LogP contribution < -0.4 is 0 Å². The molecule has 2 aliphatic heterocycles. The summed E-state index contributed by atoms with van der Waals surface area (Å²) in [6, 6.07) is 22.2. The molecule has 32 heavy (non-hydrogen) atoms. The van der Waals surface area contributed by atoms with Gasteiger partial charge in [0.05, 0.1) is 0 Å². The van der Waals surface area contributed by atoms with Gasteiger partial charge in [-0.3, -0.25) is 4.90 Å². The van der Waals surface area contributed by atoms with Crippen LogP contribution in [0.2, 0.25) is 0 Å². The van der Waals surface area contributed by atoms with Crippen molar-refractivity contribution in [3.63, 3.8) is 0 Å². The second-order valence-corrected chi connectivity index (χ2v) is 10.2. The zero-order valence-electron chi connectivity index (χ0n) is 19.1. The standard InChI is InChI=1S/C30H35NO/c1-3-12-23(13-4-1)22-25-16-11-17-26-28(24-14-5-2-6-15-24)27-18-7-8-19-30(27,32-29(25)26)31-20-9-10-21-31/h1-6,12-15,22,27-28H,7-11,16-21H2/b25-22+. The van der Waals surface area contributed by atoms with Gasteiger partial charge in [-0.05, 0) is 73.3 Å². The lowest BCUT2D eigenvalue weighted by Crippen LogP contribution is -2.60. The number of rotatable bonds is 3. The van der Waals surface area contributed by atoms with Crippen LogP contribution in [-0.4, -0.2) is 23.7 Å². The van der Waals surface area contributed by atoms with Crippen LogP contribution in [0.3, 0.4) is 0 Å². The molecule has 6 rings (SSSR count). The van der Waals surface area contributed by atoms with Crippen LogP contribution in [0, 0.1) is 5.92 Å². The smallest absolute Gasteiger partial charge is 0.167 e. The van der Waals surface area contributed by atoms with Crippen LogP contribution in [-0.2, 0) is 4.74 Å². The number of hydrogen-bond donors (Lipinski definition) is 0. The van der Waals surface area contributed by atoms with Crippen molar-refractivity contribution in [3.8, 4) is 0 Å². The summed E-state index contributed by atoms with van der Waals surface area (Å²) in [5.74, 6) is 2.30. The topological polar surface area (TPSA) is 12.5 Å². The fourth-order valence-corrected chi connectivity index (χ4v) is 6.99. The molecule has 4 aliphatic rings. The third kappa shape index (κ3) is 3.44. The fraction of sp³-hybridized carbons (Fsp3) is 0.467. The van der Waals surface area contributed by atoms with Gasteiger partial charge in [-0.2, -0.15) is 0 Å². The molecule has 1 saturated carbocycles. The Labute approximate surface area is 193 Å². The van der Waals surface area contributed by atoms with Gasteiger partial charge in [0.2, 0.25) is 0 Å². The minimum Gasteiger partial charge on any atom is -0.472 e. The third-order valence-corrected chi connectivity index (χ3v) is 8.35. The van der Waals surface area contributed by atoms with E-state index >= 15 is 0 Å². The van der Waals surface area contributed by atoms with E-state index in [0.717, 1.165) is 6.42 Å². The fourth-order valence-electron chi connectivity index (χ4n) is 6.99. The van der Waals surface area contributed by atoms with E-state index in [9.17, 15) is 0 Å². The average molecular weight is 426 g/mol. The zero-order valence-corrected chi connectivity index (χ0v) is 19.1. The maximum atomic E-state index is 7.34. The first-order valence-electron chi connectivity index (χ1n) is 12.8. The number of ether oxygens (including phenoxy) is 1. The Balaban J connectivity index is 1.52. The van der Waals surface area contributed by atoms with Crippen molar-refractivity contribution in [1.29, 1.82) is 0 Å². The van der Waals surface area contributed by atoms with Crippen LogP contribution in [0.5, 0.6) is 0 Å². The van der Waals surface area contributed by atoms with Crippen molar-refractivity contribution in [2.75, 3.05) is 13.1 Å². The van der Waals surface area contributed by atoms with Crippen molar-refractivity contribution < 1.29 is 4.74 Å². The molecule has 3 unspecified atom stereocenters. The maximum absolute atomic E-state index is 7.34. The molecule has 166 valence electrons. The number of nitrogens with zero attached hydrogens (tertiary/aromatic N) is 1. The molecule has 2 nitrogen and oxygen atoms in total. The van der Waals surface area contributed by atoms with Crippen molar-refractivity contribution >= 4 is 6.08 Å². The largest absolute Gasteiger partial charge is 0.472 e. The second-order valence-electron chi connectivity index (χ2n) is 10.2. The highest BCUT2D eigenvalue weighted by molar-refractivity contribution is 5.60. The molecule has 1 saturated heterocycles. The Morgan fingerprint density at radius 2 is 1.56 bits per heavy atom. The molecule has 2 heteroatoms. The van der Waals surface area contributed by atoms with Crippen LogP contribution >= 0.6 is 0 Å². The van der Waals surface area contributed by atoms with Crippen LogP contribution in [0.1, 0.15) is 74.8 Å². The van der Waals surface area contributed by atoms with Gasteiger partial charge < -0.3 is 4.74 Å². The Bertz CT molecular complexity index is 1000. The number of hydrogen-bond acceptors (Lipinski definition) is 2. The number of likely N-dealkylation sites (tertiary alicyclic amines) is 1. The van der Waals surface area contributed by atoms with E-state index in [-0.39, 0.29) is 5.72 Å². The van der Waals surface area contributed by atoms with E-state index in [1.807, 2.05) is 0 Å². The maximum Gasteiger partial charge on any atom is 0.167 e. The molecule has 2 aliphatic carbocycles. The minimum atomic E-state index is -0.124. The predicted octanol–water partition coefficient (Wildman–Crippen LogP) is 7.30. The van der Waals surface area contributed by atoms with Gasteiger partial charge in [-0.25, -0.2) is 0 Å². The monoisotopic (exact) mass is 425 g/mol. The van der Waals surface area contributed by atoms with Gasteiger partial charge in [0.25, 0.3) is 0 Å². The van der Waals surface area contributed by atoms with Crippen molar-refractivity contribution in [1.82, 2.24) is 4.90 Å². The molecule has 2 aromatic carbocycles. The Morgan fingerprint density at radius 3 is 2.34 bits per heavy atom. The first-order chi connectivity index (χ1) is 15.9. The summed E-state index contributed by atoms with van der Waals surface area (Å²) in [7, 11) is 0. The van der Waals surface area contributed by atoms with Crippen molar-refractivity contribution in [2.24, 2.45) is 5.92 Å². The van der Waals surface area contributed by atoms with Crippen molar-refractivity contribution in [3.05, 3.63) is 88.7 Å². The Kier molecular flexibility index (Phi) is 5.43. The zero-order chi connectivity index (χ0) is 21.4. The SMILES string of the molecule is C(=C1/CCCC2=C1OC1(N3CCCC3)CCCCC1C2c1ccccc1)/c1ccccc1. The van der Waals surface area contributed by atoms with E-state index in [4.69, 9.17) is 4.74 Å². The molecular weight excluding hydrogens is 390 g/mol. The number of allylic oxidation sites excluding steroid dienone is 2. The molecular formula is C30H35NO. The van der Waals surface area contributed by atoms with Crippen LogP contribution in [0.4, 0.5) is 0 Å². The summed E-state index contributed by atoms with van der Waals surface area (Å²) in [4.78, 5) is 2.74. The lowest BCUT2D eigenvalue weighted by atomic mass is 9.64. The van der Waals surface area contributed by atoms with E-state index in [2.05, 4.69) is 71.6 Å². The molecule has 2 fully saturated rings. The predicted molar refractivity (Wildman–Crippen MR) is 131 cm³/mol. The minimum absolute atomic E-state index is 0.124. The van der Waals surface area contributed by atoms with Gasteiger partial charge in [0.15, 0.2) is 5.72 Å². The van der Waals surface area contributed by atoms with Crippen LogP contribution in [0.25, 0.3) is 6.08 Å². The van der Waals surface area contributed by atoms with Gasteiger partial charge in [-0.15, -0.1) is 0 Å². The summed E-state index contributed by atoms with van der Waals surface area (Å²) in [6.07, 6.45) is 13.6. The molecule has 0 radical (unpaired) electrons. The molecule has 0 aromatic heterocycles. The molecule has 0 spiro atoms. The van der Waals surface area contributed by atoms with E-state index < -0.39 is 0 Å². The van der Waals surface area contributed by atoms with Crippen molar-refractivity contribution in [2.45, 2.75) is 69.4 Å². The van der Waals surface area contributed by atoms with E-state index in [1.54, 1.807) is 5.57 Å². The summed E-state index contributed by atoms with van der Waals surface area (Å²) in [5.41, 5.74) is 5.66. The molecule has 2 heterocycles. The summed E-state index contributed by atoms with van der Waals surface area (Å²) in [5, 5.41) is 0. The van der Waals surface area contributed by atoms with Gasteiger partial charge >= 0.3 is 0 Å². The molecule has 3 atom stereocenters. The molecule has 0 N–H and O–H groups in total. The highest BCUT2D eigenvalue weighted by Gasteiger charge is 2.56. The normalized spacial score (nSPS) is 31.8. The van der Waals surface area contributed by atoms with E-state index in [1.165, 1.54) is 86.9 Å². The van der Waals surface area contributed by atoms with Gasteiger partial charge in [0.1, 0.15) is 5.76 Å². The molecule has 0 bridgehead atoms. The lowest BCUT2D eigenvalue weighted by Gasteiger charge is -2.56. The first kappa shape index (κ1) is 20.3. The van der Waals surface area contributed by atoms with E-state index in [0.29, 0.717) is 11.8 Å². The second kappa shape index (κ2) is 8.56. The molecule has 2 aromatic rings. The third-order valence-electron chi connectivity index (χ3n) is 8.35. The highest BCUT2D eigenvalue weighted by atomic mass is 16.5. The molecule has 0 amide bonds. The Hall–Kier alpha value is -2.32. The highest BCUT2D eigenvalue weighted by Crippen LogP contribution is 2.58. The number of fused-ring (bicyclic) bond motifs is 1. The first-order valence-corrected chi connectivity index (χ1v) is 12.8. The lowest BCUT2D eigenvalue weighted by molar-refractivity contribution is -0.190. The Morgan fingerprint density at radius 1 is 0.812 bits per heavy atom. The van der Waals surface area contributed by atoms with Gasteiger partial charge in [-0.1, -0.05) is 67.1 Å². The van der Waals surface area contributed by atoms with Gasteiger partial charge in [0, 0.05) is 31.3 Å². The number of benzene rings is 2. The quantitative estimate of drug-likeness (QED) is 0.511. The van der Waals surface area contributed by atoms with Crippen LogP contribution in [0.15, 0.2) is 77.6 Å². The summed E-state index contributed by atoms with van der Waals surface area (Å²) < 4.78 is 7.34. The average Bonchev–Trinajstić information content (AvgIpc) is 3.40. The summed E-state index contributed by atoms with van der Waals surface area (Å²) >= 11 is 0. The summed E-state index contributed by atoms with van der Waals surface area (Å²) in [6.45, 7) is 2.39.